The first-order valence-electron chi connectivity index (χ1n) is 10.4. The van der Waals surface area contributed by atoms with Gasteiger partial charge in [0, 0.05) is 12.7 Å². The second-order valence-corrected chi connectivity index (χ2v) is 7.99. The number of aliphatic hydroxyl groups is 1. The summed E-state index contributed by atoms with van der Waals surface area (Å²) in [6, 6.07) is 5.19. The normalized spacial score (nSPS) is 12.5. The van der Waals surface area contributed by atoms with Crippen LogP contribution in [-0.2, 0) is 20.1 Å². The number of ether oxygens (including phenoxy) is 1. The summed E-state index contributed by atoms with van der Waals surface area (Å²) in [7, 11) is 1.55. The Bertz CT molecular complexity index is 1240. The predicted octanol–water partition coefficient (Wildman–Crippen LogP) is 5.66. The number of amides is 1. The molecule has 2 N–H and O–H groups in total. The molecule has 3 rings (SSSR count). The molecular weight excluding hydrogens is 497 g/mol. The van der Waals surface area contributed by atoms with Crippen LogP contribution in [0.2, 0.25) is 5.02 Å². The smallest absolute Gasteiger partial charge is 0.425 e. The van der Waals surface area contributed by atoms with E-state index < -0.39 is 53.4 Å². The molecule has 0 spiro atoms. The summed E-state index contributed by atoms with van der Waals surface area (Å²) in [5.74, 6) is -3.63. The Balaban J connectivity index is 2.15. The van der Waals surface area contributed by atoms with Gasteiger partial charge >= 0.3 is 6.18 Å². The van der Waals surface area contributed by atoms with Gasteiger partial charge in [-0.15, -0.1) is 0 Å². The van der Waals surface area contributed by atoms with Gasteiger partial charge in [0.15, 0.2) is 6.10 Å². The number of alkyl halides is 3. The zero-order valence-corrected chi connectivity index (χ0v) is 19.6. The van der Waals surface area contributed by atoms with Gasteiger partial charge in [-0.25, -0.2) is 13.8 Å². The van der Waals surface area contributed by atoms with Crippen LogP contribution < -0.4 is 10.1 Å². The van der Waals surface area contributed by atoms with Gasteiger partial charge in [-0.3, -0.25) is 4.79 Å². The van der Waals surface area contributed by atoms with E-state index in [1.54, 1.807) is 14.0 Å². The van der Waals surface area contributed by atoms with Crippen LogP contribution in [0.15, 0.2) is 30.3 Å². The standard InChI is InChI=1S/C23H21ClF5N3O3/c1-4-18-17(10-33)30-21(32(18)3)12-9-19(35-11(2)23(27,28)29)13(8-16(12)26)22(34)31-20-14(24)6-5-7-15(20)25/h5-9,11,33H,4,10H2,1-3H3,(H,31,34)/t11-/m0/s1. The summed E-state index contributed by atoms with van der Waals surface area (Å²) in [6.07, 6.45) is -6.70. The first kappa shape index (κ1) is 26.4. The summed E-state index contributed by atoms with van der Waals surface area (Å²) >= 11 is 5.90. The van der Waals surface area contributed by atoms with E-state index in [2.05, 4.69) is 10.3 Å². The van der Waals surface area contributed by atoms with Crippen LogP contribution in [0.3, 0.4) is 0 Å². The number of aliphatic hydroxyl groups excluding tert-OH is 1. The molecule has 0 saturated carbocycles. The lowest BCUT2D eigenvalue weighted by Crippen LogP contribution is -2.32. The molecule has 35 heavy (non-hydrogen) atoms. The molecule has 2 aromatic carbocycles. The number of carbonyl (C=O) groups excluding carboxylic acids is 1. The Labute approximate surface area is 202 Å². The highest BCUT2D eigenvalue weighted by atomic mass is 35.5. The third kappa shape index (κ3) is 5.40. The molecule has 0 aliphatic heterocycles. The molecule has 0 aliphatic rings. The number of imidazole rings is 1. The molecule has 1 amide bonds. The van der Waals surface area contributed by atoms with E-state index in [0.717, 1.165) is 19.1 Å². The molecule has 3 aromatic rings. The van der Waals surface area contributed by atoms with Gasteiger partial charge in [0.05, 0.1) is 34.1 Å². The number of nitrogens with one attached hydrogen (secondary N) is 1. The third-order valence-corrected chi connectivity index (χ3v) is 5.62. The maximum atomic E-state index is 15.2. The minimum absolute atomic E-state index is 0.0111. The largest absolute Gasteiger partial charge is 0.480 e. The summed E-state index contributed by atoms with van der Waals surface area (Å²) in [4.78, 5) is 17.1. The van der Waals surface area contributed by atoms with E-state index >= 15 is 4.39 Å². The van der Waals surface area contributed by atoms with Crippen molar-refractivity contribution in [2.24, 2.45) is 7.05 Å². The fourth-order valence-electron chi connectivity index (χ4n) is 3.45. The molecule has 6 nitrogen and oxygen atoms in total. The molecule has 188 valence electrons. The van der Waals surface area contributed by atoms with Gasteiger partial charge in [0.1, 0.15) is 23.2 Å². The number of benzene rings is 2. The lowest BCUT2D eigenvalue weighted by atomic mass is 10.1. The van der Waals surface area contributed by atoms with E-state index in [1.807, 2.05) is 0 Å². The quantitative estimate of drug-likeness (QED) is 0.397. The minimum atomic E-state index is -4.79. The van der Waals surface area contributed by atoms with E-state index in [4.69, 9.17) is 16.3 Å². The van der Waals surface area contributed by atoms with Crippen molar-refractivity contribution in [2.75, 3.05) is 5.32 Å². The summed E-state index contributed by atoms with van der Waals surface area (Å²) in [5, 5.41) is 11.5. The molecule has 0 radical (unpaired) electrons. The number of aromatic nitrogens is 2. The number of para-hydroxylation sites is 1. The van der Waals surface area contributed by atoms with Crippen LogP contribution in [0.4, 0.5) is 27.6 Å². The van der Waals surface area contributed by atoms with Crippen molar-refractivity contribution in [3.05, 3.63) is 63.9 Å². The summed E-state index contributed by atoms with van der Waals surface area (Å²) < 4.78 is 75.5. The van der Waals surface area contributed by atoms with Crippen LogP contribution in [-0.4, -0.2) is 32.8 Å². The molecule has 0 unspecified atom stereocenters. The highest BCUT2D eigenvalue weighted by molar-refractivity contribution is 6.34. The number of carbonyl (C=O) groups is 1. The number of anilines is 1. The van der Waals surface area contributed by atoms with E-state index in [1.165, 1.54) is 16.7 Å². The molecule has 0 fully saturated rings. The minimum Gasteiger partial charge on any atom is -0.480 e. The molecule has 12 heteroatoms. The number of nitrogens with zero attached hydrogens (tertiary/aromatic N) is 2. The average Bonchev–Trinajstić information content (AvgIpc) is 3.11. The second kappa shape index (κ2) is 10.2. The topological polar surface area (TPSA) is 76.4 Å². The van der Waals surface area contributed by atoms with E-state index in [9.17, 15) is 27.5 Å². The lowest BCUT2D eigenvalue weighted by molar-refractivity contribution is -0.189. The Kier molecular flexibility index (Phi) is 7.71. The zero-order valence-electron chi connectivity index (χ0n) is 18.8. The summed E-state index contributed by atoms with van der Waals surface area (Å²) in [6.45, 7) is 2.08. The molecule has 0 bridgehead atoms. The lowest BCUT2D eigenvalue weighted by Gasteiger charge is -2.21. The highest BCUT2D eigenvalue weighted by Crippen LogP contribution is 2.35. The van der Waals surface area contributed by atoms with Gasteiger partial charge in [-0.05, 0) is 37.6 Å². The number of hydrogen-bond donors (Lipinski definition) is 2. The predicted molar refractivity (Wildman–Crippen MR) is 119 cm³/mol. The fourth-order valence-corrected chi connectivity index (χ4v) is 3.66. The van der Waals surface area contributed by atoms with Gasteiger partial charge in [0.25, 0.3) is 5.91 Å². The Morgan fingerprint density at radius 3 is 2.49 bits per heavy atom. The van der Waals surface area contributed by atoms with Gasteiger partial charge in [-0.1, -0.05) is 24.6 Å². The number of rotatable bonds is 7. The van der Waals surface area contributed by atoms with Crippen molar-refractivity contribution in [2.45, 2.75) is 39.2 Å². The van der Waals surface area contributed by atoms with Crippen molar-refractivity contribution >= 4 is 23.2 Å². The molecule has 0 saturated heterocycles. The maximum absolute atomic E-state index is 15.2. The Morgan fingerprint density at radius 1 is 1.26 bits per heavy atom. The van der Waals surface area contributed by atoms with Crippen molar-refractivity contribution in [1.29, 1.82) is 0 Å². The first-order chi connectivity index (χ1) is 16.4. The van der Waals surface area contributed by atoms with Crippen molar-refractivity contribution < 1.29 is 36.6 Å². The summed E-state index contributed by atoms with van der Waals surface area (Å²) in [5.41, 5.74) is -0.445. The second-order valence-electron chi connectivity index (χ2n) is 7.58. The third-order valence-electron chi connectivity index (χ3n) is 5.30. The number of hydrogen-bond acceptors (Lipinski definition) is 4. The van der Waals surface area contributed by atoms with Gasteiger partial charge in [-0.2, -0.15) is 13.2 Å². The molecule has 1 atom stereocenters. The van der Waals surface area contributed by atoms with Crippen LogP contribution in [0.1, 0.15) is 35.6 Å². The number of halogens is 6. The van der Waals surface area contributed by atoms with E-state index in [-0.39, 0.29) is 22.1 Å². The molecule has 1 aromatic heterocycles. The molecule has 0 aliphatic carbocycles. The van der Waals surface area contributed by atoms with Crippen molar-refractivity contribution in [3.8, 4) is 17.1 Å². The maximum Gasteiger partial charge on any atom is 0.425 e. The van der Waals surface area contributed by atoms with Crippen LogP contribution in [0.25, 0.3) is 11.4 Å². The molecule has 1 heterocycles. The Hall–Kier alpha value is -3.18. The van der Waals surface area contributed by atoms with Crippen LogP contribution in [0, 0.1) is 11.6 Å². The van der Waals surface area contributed by atoms with E-state index in [0.29, 0.717) is 18.2 Å². The Morgan fingerprint density at radius 2 is 1.94 bits per heavy atom. The van der Waals surface area contributed by atoms with Crippen LogP contribution >= 0.6 is 11.6 Å². The monoisotopic (exact) mass is 517 g/mol. The van der Waals surface area contributed by atoms with Gasteiger partial charge < -0.3 is 19.7 Å². The molecular formula is C23H21ClF5N3O3. The SMILES string of the molecule is CCc1c(CO)nc(-c2cc(O[C@@H](C)C(F)(F)F)c(C(=O)Nc3c(F)cccc3Cl)cc2F)n1C. The van der Waals surface area contributed by atoms with Crippen molar-refractivity contribution in [1.82, 2.24) is 9.55 Å². The average molecular weight is 518 g/mol. The van der Waals surface area contributed by atoms with Crippen molar-refractivity contribution in [3.63, 3.8) is 0 Å². The first-order valence-corrected chi connectivity index (χ1v) is 10.7. The zero-order chi connectivity index (χ0) is 26.1. The van der Waals surface area contributed by atoms with Gasteiger partial charge in [0.2, 0.25) is 0 Å². The van der Waals surface area contributed by atoms with Crippen LogP contribution in [0.5, 0.6) is 5.75 Å². The fraction of sp³-hybridized carbons (Fsp3) is 0.304. The highest BCUT2D eigenvalue weighted by Gasteiger charge is 2.39.